The maximum atomic E-state index is 12.1. The van der Waals surface area contributed by atoms with Gasteiger partial charge in [-0.25, -0.2) is 0 Å². The van der Waals surface area contributed by atoms with Gasteiger partial charge in [0.1, 0.15) is 0 Å². The lowest BCUT2D eigenvalue weighted by Gasteiger charge is -2.57. The van der Waals surface area contributed by atoms with Crippen LogP contribution in [-0.2, 0) is 19.1 Å². The summed E-state index contributed by atoms with van der Waals surface area (Å²) in [6, 6.07) is 0. The molecule has 3 saturated carbocycles. The van der Waals surface area contributed by atoms with Crippen molar-refractivity contribution in [3.63, 3.8) is 0 Å². The Morgan fingerprint density at radius 2 is 1.11 bits per heavy atom. The minimum Gasteiger partial charge on any atom is -0.469 e. The van der Waals surface area contributed by atoms with Gasteiger partial charge in [-0.05, 0) is 36.5 Å². The number of carbonyl (C=O) groups excluding carboxylic acids is 2. The zero-order valence-corrected chi connectivity index (χ0v) is 11.6. The third-order valence-corrected chi connectivity index (χ3v) is 5.28. The Balaban J connectivity index is 2.43. The minimum absolute atomic E-state index is 0.121. The van der Waals surface area contributed by atoms with Crippen LogP contribution in [0, 0.1) is 22.7 Å². The Labute approximate surface area is 108 Å². The molecule has 102 valence electrons. The molecule has 3 rings (SSSR count). The van der Waals surface area contributed by atoms with Crippen LogP contribution in [0.3, 0.4) is 0 Å². The van der Waals surface area contributed by atoms with Crippen molar-refractivity contribution < 1.29 is 19.1 Å². The molecule has 0 saturated heterocycles. The number of fused-ring (bicyclic) bond motifs is 3. The molecule has 0 aromatic rings. The van der Waals surface area contributed by atoms with Crippen LogP contribution in [0.4, 0.5) is 0 Å². The van der Waals surface area contributed by atoms with Crippen molar-refractivity contribution in [2.75, 3.05) is 14.2 Å². The van der Waals surface area contributed by atoms with E-state index in [9.17, 15) is 9.59 Å². The van der Waals surface area contributed by atoms with Crippen LogP contribution in [0.1, 0.15) is 39.5 Å². The summed E-state index contributed by atoms with van der Waals surface area (Å²) in [6.45, 7) is 4.20. The molecule has 3 fully saturated rings. The molecule has 0 aromatic carbocycles. The summed E-state index contributed by atoms with van der Waals surface area (Å²) in [4.78, 5) is 24.2. The van der Waals surface area contributed by atoms with Gasteiger partial charge >= 0.3 is 11.9 Å². The smallest absolute Gasteiger partial charge is 0.310 e. The number of rotatable bonds is 2. The third-order valence-electron chi connectivity index (χ3n) is 5.28. The Hall–Kier alpha value is -1.06. The Kier molecular flexibility index (Phi) is 3.16. The minimum atomic E-state index is -0.359. The highest BCUT2D eigenvalue weighted by Gasteiger charge is 2.62. The summed E-state index contributed by atoms with van der Waals surface area (Å²) in [5.41, 5.74) is -0.243. The zero-order chi connectivity index (χ0) is 13.6. The number of ether oxygens (including phenoxy) is 2. The van der Waals surface area contributed by atoms with Crippen LogP contribution in [0.25, 0.3) is 0 Å². The molecule has 0 radical (unpaired) electrons. The Morgan fingerprint density at radius 3 is 1.33 bits per heavy atom. The van der Waals surface area contributed by atoms with Crippen molar-refractivity contribution >= 4 is 11.9 Å². The first kappa shape index (κ1) is 13.4. The van der Waals surface area contributed by atoms with Crippen molar-refractivity contribution in [1.29, 1.82) is 0 Å². The van der Waals surface area contributed by atoms with E-state index in [0.717, 1.165) is 25.7 Å². The molecule has 2 bridgehead atoms. The van der Waals surface area contributed by atoms with Crippen molar-refractivity contribution in [2.45, 2.75) is 39.5 Å². The molecule has 2 unspecified atom stereocenters. The second-order valence-electron chi connectivity index (χ2n) is 6.31. The van der Waals surface area contributed by atoms with Crippen molar-refractivity contribution in [3.05, 3.63) is 0 Å². The van der Waals surface area contributed by atoms with Crippen LogP contribution in [0.15, 0.2) is 0 Å². The first-order chi connectivity index (χ1) is 8.38. The number of carbonyl (C=O) groups is 2. The highest BCUT2D eigenvalue weighted by atomic mass is 16.5. The SMILES string of the molecule is COC(=O)C1C(C(=O)OC)C2(C)CCC1(C)CC2. The van der Waals surface area contributed by atoms with Crippen LogP contribution in [0.2, 0.25) is 0 Å². The molecule has 3 aliphatic carbocycles. The fraction of sp³-hybridized carbons (Fsp3) is 0.857. The molecule has 0 spiro atoms. The van der Waals surface area contributed by atoms with E-state index in [4.69, 9.17) is 9.47 Å². The molecular formula is C14H22O4. The fourth-order valence-electron chi connectivity index (χ4n) is 3.91. The van der Waals surface area contributed by atoms with Crippen LogP contribution in [0.5, 0.6) is 0 Å². The number of esters is 2. The van der Waals surface area contributed by atoms with E-state index in [-0.39, 0.29) is 34.6 Å². The maximum absolute atomic E-state index is 12.1. The van der Waals surface area contributed by atoms with Crippen molar-refractivity contribution in [2.24, 2.45) is 22.7 Å². The maximum Gasteiger partial charge on any atom is 0.310 e. The van der Waals surface area contributed by atoms with Gasteiger partial charge in [-0.15, -0.1) is 0 Å². The lowest BCUT2D eigenvalue weighted by Crippen LogP contribution is -2.57. The summed E-state index contributed by atoms with van der Waals surface area (Å²) >= 11 is 0. The second kappa shape index (κ2) is 4.25. The quantitative estimate of drug-likeness (QED) is 0.709. The average Bonchev–Trinajstić information content (AvgIpc) is 2.37. The van der Waals surface area contributed by atoms with E-state index in [0.29, 0.717) is 0 Å². The number of hydrogen-bond acceptors (Lipinski definition) is 4. The summed E-state index contributed by atoms with van der Waals surface area (Å²) in [5, 5.41) is 0. The van der Waals surface area contributed by atoms with E-state index >= 15 is 0 Å². The molecular weight excluding hydrogens is 232 g/mol. The molecule has 0 amide bonds. The predicted octanol–water partition coefficient (Wildman–Crippen LogP) is 2.17. The van der Waals surface area contributed by atoms with E-state index in [1.165, 1.54) is 14.2 Å². The number of hydrogen-bond donors (Lipinski definition) is 0. The highest BCUT2D eigenvalue weighted by Crippen LogP contribution is 2.62. The van der Waals surface area contributed by atoms with E-state index < -0.39 is 0 Å². The Morgan fingerprint density at radius 1 is 0.833 bits per heavy atom. The number of methoxy groups -OCH3 is 2. The molecule has 4 nitrogen and oxygen atoms in total. The summed E-state index contributed by atoms with van der Waals surface area (Å²) in [6.07, 6.45) is 3.93. The predicted molar refractivity (Wildman–Crippen MR) is 65.7 cm³/mol. The first-order valence-corrected chi connectivity index (χ1v) is 6.54. The molecule has 4 heteroatoms. The van der Waals surface area contributed by atoms with Gasteiger partial charge in [0.2, 0.25) is 0 Å². The topological polar surface area (TPSA) is 52.6 Å². The molecule has 0 aliphatic heterocycles. The zero-order valence-electron chi connectivity index (χ0n) is 11.6. The second-order valence-corrected chi connectivity index (χ2v) is 6.31. The summed E-state index contributed by atoms with van der Waals surface area (Å²) in [5.74, 6) is -1.25. The van der Waals surface area contributed by atoms with Gasteiger partial charge < -0.3 is 9.47 Å². The average molecular weight is 254 g/mol. The standard InChI is InChI=1S/C14H22O4/c1-13-5-7-14(2,8-6-13)10(12(16)18-4)9(13)11(15)17-3/h9-10H,5-8H2,1-4H3. The van der Waals surface area contributed by atoms with Gasteiger partial charge in [-0.1, -0.05) is 13.8 Å². The van der Waals surface area contributed by atoms with Crippen molar-refractivity contribution in [3.8, 4) is 0 Å². The summed E-state index contributed by atoms with van der Waals surface area (Å²) < 4.78 is 9.86. The fourth-order valence-corrected chi connectivity index (χ4v) is 3.91. The van der Waals surface area contributed by atoms with Gasteiger partial charge in [0.05, 0.1) is 26.1 Å². The van der Waals surface area contributed by atoms with Crippen LogP contribution >= 0.6 is 0 Å². The van der Waals surface area contributed by atoms with Gasteiger partial charge in [0.15, 0.2) is 0 Å². The van der Waals surface area contributed by atoms with Crippen molar-refractivity contribution in [1.82, 2.24) is 0 Å². The monoisotopic (exact) mass is 254 g/mol. The molecule has 18 heavy (non-hydrogen) atoms. The lowest BCUT2D eigenvalue weighted by molar-refractivity contribution is -0.188. The van der Waals surface area contributed by atoms with Gasteiger partial charge in [-0.3, -0.25) is 9.59 Å². The van der Waals surface area contributed by atoms with E-state index in [1.807, 2.05) is 0 Å². The van der Waals surface area contributed by atoms with Gasteiger partial charge in [0, 0.05) is 0 Å². The summed E-state index contributed by atoms with van der Waals surface area (Å²) in [7, 11) is 2.79. The third kappa shape index (κ3) is 1.73. The first-order valence-electron chi connectivity index (χ1n) is 6.54. The molecule has 0 heterocycles. The van der Waals surface area contributed by atoms with Crippen LogP contribution in [-0.4, -0.2) is 26.2 Å². The normalized spacial score (nSPS) is 42.4. The van der Waals surface area contributed by atoms with E-state index in [2.05, 4.69) is 13.8 Å². The Bertz CT molecular complexity index is 330. The largest absolute Gasteiger partial charge is 0.469 e. The van der Waals surface area contributed by atoms with Gasteiger partial charge in [0.25, 0.3) is 0 Å². The molecule has 0 N–H and O–H groups in total. The lowest BCUT2D eigenvalue weighted by atomic mass is 9.45. The molecule has 3 aliphatic rings. The van der Waals surface area contributed by atoms with E-state index in [1.54, 1.807) is 0 Å². The van der Waals surface area contributed by atoms with Crippen LogP contribution < -0.4 is 0 Å². The molecule has 2 atom stereocenters. The van der Waals surface area contributed by atoms with Gasteiger partial charge in [-0.2, -0.15) is 0 Å². The highest BCUT2D eigenvalue weighted by molar-refractivity contribution is 5.84. The molecule has 0 aromatic heterocycles.